The number of thioether (sulfide) groups is 1. The van der Waals surface area contributed by atoms with E-state index >= 15 is 0 Å². The summed E-state index contributed by atoms with van der Waals surface area (Å²) in [6, 6.07) is 19.4. The van der Waals surface area contributed by atoms with Crippen LogP contribution in [-0.2, 0) is 9.59 Å². The van der Waals surface area contributed by atoms with Crippen molar-refractivity contribution in [2.75, 3.05) is 11.9 Å². The summed E-state index contributed by atoms with van der Waals surface area (Å²) in [7, 11) is 0. The highest BCUT2D eigenvalue weighted by molar-refractivity contribution is 14.1. The molecule has 0 spiro atoms. The third-order valence-electron chi connectivity index (χ3n) is 5.03. The number of hydrogen-bond acceptors (Lipinski definition) is 7. The van der Waals surface area contributed by atoms with Crippen LogP contribution < -0.4 is 5.32 Å². The van der Waals surface area contributed by atoms with Crippen molar-refractivity contribution in [3.05, 3.63) is 96.4 Å². The largest absolute Gasteiger partial charge is 0.325 e. The van der Waals surface area contributed by atoms with Gasteiger partial charge < -0.3 is 5.32 Å². The van der Waals surface area contributed by atoms with Gasteiger partial charge in [-0.25, -0.2) is 0 Å². The second-order valence-electron chi connectivity index (χ2n) is 7.72. The van der Waals surface area contributed by atoms with Crippen LogP contribution in [-0.4, -0.2) is 33.4 Å². The smallest absolute Gasteiger partial charge is 0.294 e. The van der Waals surface area contributed by atoms with Crippen LogP contribution in [0.5, 0.6) is 0 Å². The Bertz CT molecular complexity index is 1390. The Morgan fingerprint density at radius 1 is 1.11 bits per heavy atom. The maximum absolute atomic E-state index is 12.8. The number of nitro groups is 1. The van der Waals surface area contributed by atoms with Gasteiger partial charge in [0.05, 0.1) is 14.7 Å². The molecule has 1 saturated heterocycles. The van der Waals surface area contributed by atoms with Crippen LogP contribution in [0, 0.1) is 20.6 Å². The van der Waals surface area contributed by atoms with Gasteiger partial charge in [-0.15, -0.1) is 0 Å². The third kappa shape index (κ3) is 6.33. The molecular formula is C25H18IN3O5S2. The summed E-state index contributed by atoms with van der Waals surface area (Å²) in [5.41, 5.74) is 1.94. The lowest BCUT2D eigenvalue weighted by atomic mass is 10.2. The van der Waals surface area contributed by atoms with Crippen molar-refractivity contribution < 1.29 is 19.3 Å². The van der Waals surface area contributed by atoms with Crippen molar-refractivity contribution in [2.24, 2.45) is 0 Å². The lowest BCUT2D eigenvalue weighted by molar-refractivity contribution is -0.387. The van der Waals surface area contributed by atoms with Gasteiger partial charge in [-0.05, 0) is 95.4 Å². The minimum atomic E-state index is -0.622. The molecule has 36 heavy (non-hydrogen) atoms. The SMILES string of the molecule is Cc1ccc(Sc2ccc(/C=C3\SC(=O)N(CC(=O)Nc4ccc(I)cc4)C3=O)cc2[N+](=O)[O-])cc1. The number of aryl methyl sites for hydroxylation is 1. The van der Waals surface area contributed by atoms with Crippen molar-refractivity contribution in [1.82, 2.24) is 4.90 Å². The number of nitrogens with zero attached hydrogens (tertiary/aromatic N) is 2. The highest BCUT2D eigenvalue weighted by atomic mass is 127. The minimum Gasteiger partial charge on any atom is -0.325 e. The number of anilines is 1. The first-order valence-corrected chi connectivity index (χ1v) is 13.2. The quantitative estimate of drug-likeness (QED) is 0.140. The number of carbonyl (C=O) groups is 3. The molecule has 182 valence electrons. The van der Waals surface area contributed by atoms with E-state index in [1.165, 1.54) is 23.9 Å². The fourth-order valence-electron chi connectivity index (χ4n) is 3.25. The molecule has 1 N–H and O–H groups in total. The molecule has 0 saturated carbocycles. The molecule has 3 amide bonds. The summed E-state index contributed by atoms with van der Waals surface area (Å²) < 4.78 is 1.00. The predicted molar refractivity (Wildman–Crippen MR) is 149 cm³/mol. The van der Waals surface area contributed by atoms with Crippen LogP contribution in [0.1, 0.15) is 11.1 Å². The van der Waals surface area contributed by atoms with Gasteiger partial charge in [0.2, 0.25) is 5.91 Å². The molecule has 0 aromatic heterocycles. The van der Waals surface area contributed by atoms with E-state index in [1.54, 1.807) is 24.3 Å². The van der Waals surface area contributed by atoms with Crippen LogP contribution in [0.2, 0.25) is 0 Å². The molecule has 3 aromatic rings. The highest BCUT2D eigenvalue weighted by Gasteiger charge is 2.36. The molecule has 11 heteroatoms. The highest BCUT2D eigenvalue weighted by Crippen LogP contribution is 2.37. The zero-order valence-corrected chi connectivity index (χ0v) is 22.6. The minimum absolute atomic E-state index is 0.0929. The van der Waals surface area contributed by atoms with Gasteiger partial charge in [-0.2, -0.15) is 0 Å². The molecule has 4 rings (SSSR count). The standard InChI is InChI=1S/C25H18IN3O5S2/c1-15-2-9-19(10-3-15)35-21-11-4-16(12-20(21)29(33)34)13-22-24(31)28(25(32)36-22)14-23(30)27-18-7-5-17(26)6-8-18/h2-13H,14H2,1H3,(H,27,30)/b22-13-. The number of nitro benzene ring substituents is 1. The zero-order chi connectivity index (χ0) is 25.8. The number of carbonyl (C=O) groups excluding carboxylic acids is 3. The molecule has 0 radical (unpaired) electrons. The lowest BCUT2D eigenvalue weighted by Gasteiger charge is -2.12. The monoisotopic (exact) mass is 631 g/mol. The number of amides is 3. The van der Waals surface area contributed by atoms with Crippen LogP contribution in [0.15, 0.2) is 81.4 Å². The Hall–Kier alpha value is -3.16. The first kappa shape index (κ1) is 25.9. The number of benzene rings is 3. The molecule has 0 bridgehead atoms. The Balaban J connectivity index is 1.49. The van der Waals surface area contributed by atoms with Crippen molar-refractivity contribution in [1.29, 1.82) is 0 Å². The maximum Gasteiger partial charge on any atom is 0.294 e. The molecule has 1 aliphatic rings. The first-order chi connectivity index (χ1) is 17.2. The molecule has 1 aliphatic heterocycles. The summed E-state index contributed by atoms with van der Waals surface area (Å²) >= 11 is 4.10. The third-order valence-corrected chi connectivity index (χ3v) is 7.73. The number of hydrogen-bond donors (Lipinski definition) is 1. The van der Waals surface area contributed by atoms with Gasteiger partial charge in [0.15, 0.2) is 0 Å². The van der Waals surface area contributed by atoms with Crippen LogP contribution >= 0.6 is 46.1 Å². The van der Waals surface area contributed by atoms with Gasteiger partial charge >= 0.3 is 0 Å². The molecule has 0 aliphatic carbocycles. The van der Waals surface area contributed by atoms with E-state index in [4.69, 9.17) is 0 Å². The van der Waals surface area contributed by atoms with Gasteiger partial charge in [0.25, 0.3) is 16.8 Å². The summed E-state index contributed by atoms with van der Waals surface area (Å²) in [6.07, 6.45) is 1.43. The fraction of sp³-hybridized carbons (Fsp3) is 0.0800. The average Bonchev–Trinajstić information content (AvgIpc) is 3.10. The van der Waals surface area contributed by atoms with Crippen LogP contribution in [0.3, 0.4) is 0 Å². The Morgan fingerprint density at radius 3 is 2.47 bits per heavy atom. The molecule has 1 fully saturated rings. The van der Waals surface area contributed by atoms with E-state index < -0.39 is 28.5 Å². The summed E-state index contributed by atoms with van der Waals surface area (Å²) in [6.45, 7) is 1.53. The van der Waals surface area contributed by atoms with E-state index in [0.29, 0.717) is 27.9 Å². The zero-order valence-electron chi connectivity index (χ0n) is 18.8. The summed E-state index contributed by atoms with van der Waals surface area (Å²) in [5, 5.41) is 13.8. The topological polar surface area (TPSA) is 110 Å². The molecular weight excluding hydrogens is 613 g/mol. The summed E-state index contributed by atoms with van der Waals surface area (Å²) in [5.74, 6) is -1.13. The Labute approximate surface area is 228 Å². The van der Waals surface area contributed by atoms with Crippen LogP contribution in [0.25, 0.3) is 6.08 Å². The first-order valence-electron chi connectivity index (χ1n) is 10.5. The lowest BCUT2D eigenvalue weighted by Crippen LogP contribution is -2.36. The number of rotatable bonds is 7. The van der Waals surface area contributed by atoms with Gasteiger partial charge in [0.1, 0.15) is 6.54 Å². The number of nitrogens with one attached hydrogen (secondary N) is 1. The van der Waals surface area contributed by atoms with Gasteiger partial charge in [-0.1, -0.05) is 35.5 Å². The molecule has 1 heterocycles. The van der Waals surface area contributed by atoms with E-state index in [9.17, 15) is 24.5 Å². The Morgan fingerprint density at radius 2 is 1.81 bits per heavy atom. The van der Waals surface area contributed by atoms with Gasteiger partial charge in [0, 0.05) is 20.2 Å². The normalized spacial score (nSPS) is 14.4. The van der Waals surface area contributed by atoms with Crippen molar-refractivity contribution in [3.63, 3.8) is 0 Å². The number of imide groups is 1. The average molecular weight is 631 g/mol. The van der Waals surface area contributed by atoms with E-state index in [0.717, 1.165) is 18.9 Å². The number of halogens is 1. The predicted octanol–water partition coefficient (Wildman–Crippen LogP) is 6.33. The van der Waals surface area contributed by atoms with Crippen LogP contribution in [0.4, 0.5) is 16.2 Å². The van der Waals surface area contributed by atoms with Gasteiger partial charge in [-0.3, -0.25) is 29.4 Å². The molecule has 0 atom stereocenters. The molecule has 0 unspecified atom stereocenters. The van der Waals surface area contributed by atoms with Crippen molar-refractivity contribution in [2.45, 2.75) is 16.7 Å². The van der Waals surface area contributed by atoms with E-state index in [1.807, 2.05) is 43.3 Å². The van der Waals surface area contributed by atoms with E-state index in [2.05, 4.69) is 27.9 Å². The fourth-order valence-corrected chi connectivity index (χ4v) is 5.35. The molecule has 3 aromatic carbocycles. The molecule has 8 nitrogen and oxygen atoms in total. The Kier molecular flexibility index (Phi) is 8.11. The van der Waals surface area contributed by atoms with Crippen molar-refractivity contribution >= 4 is 80.6 Å². The van der Waals surface area contributed by atoms with Crippen molar-refractivity contribution in [3.8, 4) is 0 Å². The second kappa shape index (κ2) is 11.3. The summed E-state index contributed by atoms with van der Waals surface area (Å²) in [4.78, 5) is 51.1. The maximum atomic E-state index is 12.8. The second-order valence-corrected chi connectivity index (χ2v) is 11.1. The van der Waals surface area contributed by atoms with E-state index in [-0.39, 0.29) is 10.6 Å².